The molecule has 0 bridgehead atoms. The summed E-state index contributed by atoms with van der Waals surface area (Å²) in [6.45, 7) is 0.572. The second kappa shape index (κ2) is 9.55. The molecular formula is C28H26N6O3S. The van der Waals surface area contributed by atoms with Gasteiger partial charge in [0.15, 0.2) is 11.5 Å². The fraction of sp³-hybridized carbons (Fsp3) is 0.179. The van der Waals surface area contributed by atoms with Gasteiger partial charge in [0.25, 0.3) is 5.91 Å². The van der Waals surface area contributed by atoms with Crippen LogP contribution in [0.15, 0.2) is 83.9 Å². The maximum Gasteiger partial charge on any atom is 0.251 e. The number of hydrogen-bond donors (Lipinski definition) is 3. The molecule has 38 heavy (non-hydrogen) atoms. The molecule has 10 heteroatoms. The van der Waals surface area contributed by atoms with Crippen LogP contribution < -0.4 is 15.8 Å². The van der Waals surface area contributed by atoms with Gasteiger partial charge in [-0.25, -0.2) is 23.5 Å². The van der Waals surface area contributed by atoms with E-state index in [0.29, 0.717) is 36.0 Å². The second-order valence-corrected chi connectivity index (χ2v) is 11.0. The Morgan fingerprint density at radius 1 is 1.00 bits per heavy atom. The van der Waals surface area contributed by atoms with E-state index in [1.54, 1.807) is 12.1 Å². The summed E-state index contributed by atoms with van der Waals surface area (Å²) in [4.78, 5) is 22.0. The molecule has 1 saturated carbocycles. The van der Waals surface area contributed by atoms with Gasteiger partial charge in [0.2, 0.25) is 10.0 Å². The van der Waals surface area contributed by atoms with Crippen molar-refractivity contribution in [3.63, 3.8) is 0 Å². The van der Waals surface area contributed by atoms with Crippen molar-refractivity contribution in [1.82, 2.24) is 19.7 Å². The largest absolute Gasteiger partial charge is 0.367 e. The Labute approximate surface area is 219 Å². The maximum atomic E-state index is 12.4. The monoisotopic (exact) mass is 526 g/mol. The molecule has 5 aromatic rings. The summed E-state index contributed by atoms with van der Waals surface area (Å²) in [5, 5.41) is 11.6. The third kappa shape index (κ3) is 4.83. The molecule has 1 amide bonds. The number of primary sulfonamides is 1. The second-order valence-electron chi connectivity index (χ2n) is 9.44. The van der Waals surface area contributed by atoms with Crippen LogP contribution in [0.1, 0.15) is 28.8 Å². The van der Waals surface area contributed by atoms with Crippen LogP contribution in [0.5, 0.6) is 0 Å². The number of rotatable bonds is 8. The van der Waals surface area contributed by atoms with Crippen molar-refractivity contribution in [1.29, 1.82) is 0 Å². The molecule has 0 saturated heterocycles. The Kier molecular flexibility index (Phi) is 6.05. The number of imidazole rings is 1. The van der Waals surface area contributed by atoms with E-state index in [9.17, 15) is 13.2 Å². The number of aromatic nitrogens is 3. The molecule has 0 aliphatic heterocycles. The van der Waals surface area contributed by atoms with Gasteiger partial charge in [-0.15, -0.1) is 0 Å². The molecule has 192 valence electrons. The molecule has 0 unspecified atom stereocenters. The minimum absolute atomic E-state index is 0.0439. The molecule has 0 radical (unpaired) electrons. The predicted octanol–water partition coefficient (Wildman–Crippen LogP) is 3.74. The van der Waals surface area contributed by atoms with Crippen molar-refractivity contribution in [2.24, 2.45) is 5.14 Å². The number of carbonyl (C=O) groups is 1. The van der Waals surface area contributed by atoms with E-state index in [0.717, 1.165) is 40.7 Å². The zero-order valence-electron chi connectivity index (χ0n) is 20.5. The van der Waals surface area contributed by atoms with Gasteiger partial charge in [-0.1, -0.05) is 36.4 Å². The standard InChI is InChI=1S/C28H26N6O3S/c29-38(36,37)22-13-5-18(6-14-22)15-16-30-26-27-31-17-25(34(27)24-4-2-1-3-23(24)33-26)19-7-9-20(10-8-19)28(35)32-21-11-12-21/h1-10,13-14,17,21H,11-12,15-16H2,(H,30,33)(H,32,35)(H2,29,36,37). The molecule has 0 atom stereocenters. The highest BCUT2D eigenvalue weighted by atomic mass is 32.2. The zero-order valence-corrected chi connectivity index (χ0v) is 21.3. The Bertz CT molecular complexity index is 1760. The number of nitrogens with two attached hydrogens (primary N) is 1. The van der Waals surface area contributed by atoms with E-state index in [4.69, 9.17) is 15.1 Å². The van der Waals surface area contributed by atoms with Crippen molar-refractivity contribution in [2.75, 3.05) is 11.9 Å². The summed E-state index contributed by atoms with van der Waals surface area (Å²) in [7, 11) is -3.71. The lowest BCUT2D eigenvalue weighted by Crippen LogP contribution is -2.25. The van der Waals surface area contributed by atoms with Gasteiger partial charge in [0.05, 0.1) is 27.8 Å². The van der Waals surface area contributed by atoms with E-state index < -0.39 is 10.0 Å². The lowest BCUT2D eigenvalue weighted by molar-refractivity contribution is 0.0951. The van der Waals surface area contributed by atoms with Crippen LogP contribution in [0.25, 0.3) is 27.9 Å². The first kappa shape index (κ1) is 24.1. The zero-order chi connectivity index (χ0) is 26.3. The molecular weight excluding hydrogens is 500 g/mol. The molecule has 1 aliphatic carbocycles. The first-order valence-electron chi connectivity index (χ1n) is 12.4. The minimum atomic E-state index is -3.71. The van der Waals surface area contributed by atoms with Crippen LogP contribution in [0.3, 0.4) is 0 Å². The highest BCUT2D eigenvalue weighted by Crippen LogP contribution is 2.29. The van der Waals surface area contributed by atoms with Gasteiger partial charge >= 0.3 is 0 Å². The topological polar surface area (TPSA) is 131 Å². The van der Waals surface area contributed by atoms with Crippen molar-refractivity contribution in [3.05, 3.63) is 90.1 Å². The molecule has 1 fully saturated rings. The highest BCUT2D eigenvalue weighted by Gasteiger charge is 2.24. The third-order valence-corrected chi connectivity index (χ3v) is 7.57. The number of hydrogen-bond acceptors (Lipinski definition) is 6. The van der Waals surface area contributed by atoms with E-state index >= 15 is 0 Å². The number of benzene rings is 3. The number of sulfonamides is 1. The fourth-order valence-corrected chi connectivity index (χ4v) is 4.98. The van der Waals surface area contributed by atoms with Gasteiger partial charge in [0.1, 0.15) is 0 Å². The van der Waals surface area contributed by atoms with Crippen molar-refractivity contribution in [3.8, 4) is 11.3 Å². The third-order valence-electron chi connectivity index (χ3n) is 6.64. The molecule has 6 rings (SSSR count). The van der Waals surface area contributed by atoms with Crippen molar-refractivity contribution >= 4 is 38.4 Å². The summed E-state index contributed by atoms with van der Waals surface area (Å²) in [5.41, 5.74) is 5.89. The Balaban J connectivity index is 1.28. The van der Waals surface area contributed by atoms with Crippen molar-refractivity contribution < 1.29 is 13.2 Å². The van der Waals surface area contributed by atoms with E-state index in [2.05, 4.69) is 15.0 Å². The van der Waals surface area contributed by atoms with Crippen LogP contribution in [0.4, 0.5) is 5.82 Å². The van der Waals surface area contributed by atoms with Crippen LogP contribution in [0, 0.1) is 0 Å². The minimum Gasteiger partial charge on any atom is -0.367 e. The van der Waals surface area contributed by atoms with Gasteiger partial charge in [-0.3, -0.25) is 9.20 Å². The molecule has 2 aromatic heterocycles. The van der Waals surface area contributed by atoms with Crippen LogP contribution in [0.2, 0.25) is 0 Å². The quantitative estimate of drug-likeness (QED) is 0.282. The number of carbonyl (C=O) groups excluding carboxylic acids is 1. The number of nitrogens with one attached hydrogen (secondary N) is 2. The average Bonchev–Trinajstić information content (AvgIpc) is 3.62. The first-order valence-corrected chi connectivity index (χ1v) is 13.9. The van der Waals surface area contributed by atoms with Crippen LogP contribution >= 0.6 is 0 Å². The molecule has 0 spiro atoms. The summed E-state index contributed by atoms with van der Waals surface area (Å²) in [6.07, 6.45) is 4.57. The van der Waals surface area contributed by atoms with Gasteiger partial charge < -0.3 is 10.6 Å². The fourth-order valence-electron chi connectivity index (χ4n) is 4.46. The normalized spacial score (nSPS) is 13.6. The van der Waals surface area contributed by atoms with E-state index in [-0.39, 0.29) is 10.8 Å². The first-order chi connectivity index (χ1) is 18.4. The molecule has 2 heterocycles. The Hall–Kier alpha value is -4.28. The molecule has 1 aliphatic rings. The number of fused-ring (bicyclic) bond motifs is 3. The smallest absolute Gasteiger partial charge is 0.251 e. The summed E-state index contributed by atoms with van der Waals surface area (Å²) >= 11 is 0. The Morgan fingerprint density at radius 2 is 1.74 bits per heavy atom. The lowest BCUT2D eigenvalue weighted by atomic mass is 10.1. The number of para-hydroxylation sites is 2. The number of nitrogens with zero attached hydrogens (tertiary/aromatic N) is 3. The van der Waals surface area contributed by atoms with E-state index in [1.165, 1.54) is 12.1 Å². The van der Waals surface area contributed by atoms with Crippen molar-refractivity contribution in [2.45, 2.75) is 30.2 Å². The number of anilines is 1. The summed E-state index contributed by atoms with van der Waals surface area (Å²) in [6, 6.07) is 22.3. The molecule has 3 aromatic carbocycles. The summed E-state index contributed by atoms with van der Waals surface area (Å²) in [5.74, 6) is 0.606. The summed E-state index contributed by atoms with van der Waals surface area (Å²) < 4.78 is 25.1. The maximum absolute atomic E-state index is 12.4. The molecule has 9 nitrogen and oxygen atoms in total. The number of amides is 1. The van der Waals surface area contributed by atoms with E-state index in [1.807, 2.05) is 54.7 Å². The lowest BCUT2D eigenvalue weighted by Gasteiger charge is -2.12. The highest BCUT2D eigenvalue weighted by molar-refractivity contribution is 7.89. The predicted molar refractivity (Wildman–Crippen MR) is 146 cm³/mol. The van der Waals surface area contributed by atoms with Gasteiger partial charge in [-0.05, 0) is 61.2 Å². The van der Waals surface area contributed by atoms with Crippen LogP contribution in [-0.2, 0) is 16.4 Å². The SMILES string of the molecule is NS(=O)(=O)c1ccc(CCNc2nc3ccccc3n3c(-c4ccc(C(=O)NC5CC5)cc4)cnc23)cc1. The average molecular weight is 527 g/mol. The van der Waals surface area contributed by atoms with Gasteiger partial charge in [0, 0.05) is 23.7 Å². The molecule has 4 N–H and O–H groups in total. The van der Waals surface area contributed by atoms with Gasteiger partial charge in [-0.2, -0.15) is 0 Å². The Morgan fingerprint density at radius 3 is 2.45 bits per heavy atom. The van der Waals surface area contributed by atoms with Crippen LogP contribution in [-0.4, -0.2) is 41.3 Å².